The van der Waals surface area contributed by atoms with E-state index in [0.29, 0.717) is 11.6 Å². The van der Waals surface area contributed by atoms with Crippen molar-refractivity contribution < 1.29 is 0 Å². The fraction of sp³-hybridized carbons (Fsp3) is 0.800. The summed E-state index contributed by atoms with van der Waals surface area (Å²) in [7, 11) is 1.99. The molecular weight excluding hydrogens is 236 g/mol. The molecule has 1 aromatic rings. The van der Waals surface area contributed by atoms with E-state index in [0.717, 1.165) is 13.1 Å². The number of nitrogens with zero attached hydrogens (tertiary/aromatic N) is 3. The molecule has 3 rings (SSSR count). The molecule has 1 aliphatic carbocycles. The molecule has 1 unspecified atom stereocenters. The minimum absolute atomic E-state index is 0.388. The molecule has 0 amide bonds. The molecule has 2 fully saturated rings. The number of hydrogen-bond acceptors (Lipinski definition) is 3. The van der Waals surface area contributed by atoms with Crippen LogP contribution in [0.15, 0.2) is 12.3 Å². The van der Waals surface area contributed by atoms with Crippen molar-refractivity contribution in [2.75, 3.05) is 13.1 Å². The summed E-state index contributed by atoms with van der Waals surface area (Å²) in [6.45, 7) is 5.62. The lowest BCUT2D eigenvalue weighted by atomic mass is 9.79. The summed E-state index contributed by atoms with van der Waals surface area (Å²) in [6, 6.07) is 2.75. The molecule has 1 saturated carbocycles. The van der Waals surface area contributed by atoms with Gasteiger partial charge in [-0.3, -0.25) is 9.58 Å². The topological polar surface area (TPSA) is 33.1 Å². The molecule has 0 aromatic carbocycles. The lowest BCUT2D eigenvalue weighted by Crippen LogP contribution is -2.63. The fourth-order valence-electron chi connectivity index (χ4n) is 3.62. The standard InChI is InChI=1S/C15H26N4/c1-13-10-16-15(7-4-3-5-8-15)12-19(13)11-14-6-9-18(2)17-14/h6,9,13,16H,3-5,7-8,10-12H2,1-2H3. The summed E-state index contributed by atoms with van der Waals surface area (Å²) >= 11 is 0. The van der Waals surface area contributed by atoms with Crippen molar-refractivity contribution in [3.8, 4) is 0 Å². The van der Waals surface area contributed by atoms with Crippen LogP contribution in [0.2, 0.25) is 0 Å². The third-order valence-electron chi connectivity index (χ3n) is 4.85. The van der Waals surface area contributed by atoms with Gasteiger partial charge < -0.3 is 5.32 Å². The minimum atomic E-state index is 0.388. The summed E-state index contributed by atoms with van der Waals surface area (Å²) in [4.78, 5) is 2.62. The van der Waals surface area contributed by atoms with Crippen LogP contribution >= 0.6 is 0 Å². The summed E-state index contributed by atoms with van der Waals surface area (Å²) in [5, 5.41) is 8.37. The quantitative estimate of drug-likeness (QED) is 0.884. The summed E-state index contributed by atoms with van der Waals surface area (Å²) < 4.78 is 1.90. The molecule has 0 bridgehead atoms. The van der Waals surface area contributed by atoms with Crippen molar-refractivity contribution in [2.24, 2.45) is 7.05 Å². The first-order valence-electron chi connectivity index (χ1n) is 7.65. The molecule has 1 N–H and O–H groups in total. The molecule has 1 atom stereocenters. The van der Waals surface area contributed by atoms with Crippen molar-refractivity contribution in [3.05, 3.63) is 18.0 Å². The molecule has 2 aliphatic rings. The molecule has 0 radical (unpaired) electrons. The van der Waals surface area contributed by atoms with Crippen molar-refractivity contribution in [1.29, 1.82) is 0 Å². The highest BCUT2D eigenvalue weighted by atomic mass is 15.3. The Labute approximate surface area is 116 Å². The van der Waals surface area contributed by atoms with Crippen molar-refractivity contribution in [2.45, 2.75) is 57.2 Å². The van der Waals surface area contributed by atoms with Gasteiger partial charge in [0.15, 0.2) is 0 Å². The third kappa shape index (κ3) is 2.84. The highest BCUT2D eigenvalue weighted by Gasteiger charge is 2.38. The summed E-state index contributed by atoms with van der Waals surface area (Å²) in [5.41, 5.74) is 1.58. The Kier molecular flexibility index (Phi) is 3.63. The first kappa shape index (κ1) is 13.1. The van der Waals surface area contributed by atoms with Gasteiger partial charge in [0.25, 0.3) is 0 Å². The third-order valence-corrected chi connectivity index (χ3v) is 4.85. The van der Waals surface area contributed by atoms with Gasteiger partial charge in [-0.15, -0.1) is 0 Å². The molecule has 106 valence electrons. The van der Waals surface area contributed by atoms with E-state index in [1.54, 1.807) is 0 Å². The zero-order valence-electron chi connectivity index (χ0n) is 12.2. The lowest BCUT2D eigenvalue weighted by Gasteiger charge is -2.48. The predicted molar refractivity (Wildman–Crippen MR) is 76.9 cm³/mol. The van der Waals surface area contributed by atoms with Gasteiger partial charge in [0.2, 0.25) is 0 Å². The number of rotatable bonds is 2. The van der Waals surface area contributed by atoms with Crippen LogP contribution < -0.4 is 5.32 Å². The van der Waals surface area contributed by atoms with Crippen LogP contribution in [-0.2, 0) is 13.6 Å². The normalized spacial score (nSPS) is 27.8. The van der Waals surface area contributed by atoms with Crippen molar-refractivity contribution in [1.82, 2.24) is 20.0 Å². The molecule has 4 nitrogen and oxygen atoms in total. The number of piperazine rings is 1. The van der Waals surface area contributed by atoms with E-state index >= 15 is 0 Å². The number of hydrogen-bond donors (Lipinski definition) is 1. The SMILES string of the molecule is CC1CNC2(CCCCC2)CN1Cc1ccn(C)n1. The smallest absolute Gasteiger partial charge is 0.0764 e. The summed E-state index contributed by atoms with van der Waals surface area (Å²) in [6.07, 6.45) is 8.92. The van der Waals surface area contributed by atoms with Gasteiger partial charge >= 0.3 is 0 Å². The van der Waals surface area contributed by atoms with Gasteiger partial charge in [-0.2, -0.15) is 5.10 Å². The fourth-order valence-corrected chi connectivity index (χ4v) is 3.62. The largest absolute Gasteiger partial charge is 0.308 e. The van der Waals surface area contributed by atoms with Crippen LogP contribution in [0.25, 0.3) is 0 Å². The zero-order valence-corrected chi connectivity index (χ0v) is 12.2. The number of nitrogens with one attached hydrogen (secondary N) is 1. The monoisotopic (exact) mass is 262 g/mol. The van der Waals surface area contributed by atoms with E-state index in [1.165, 1.54) is 44.3 Å². The average Bonchev–Trinajstić information content (AvgIpc) is 2.81. The Bertz CT molecular complexity index is 420. The van der Waals surface area contributed by atoms with E-state index in [2.05, 4.69) is 28.3 Å². The Morgan fingerprint density at radius 3 is 2.84 bits per heavy atom. The molecule has 1 aromatic heterocycles. The van der Waals surface area contributed by atoms with Crippen LogP contribution in [0, 0.1) is 0 Å². The predicted octanol–water partition coefficient (Wildman–Crippen LogP) is 1.92. The molecule has 1 aliphatic heterocycles. The first-order valence-corrected chi connectivity index (χ1v) is 7.65. The zero-order chi connectivity index (χ0) is 13.3. The molecular formula is C15H26N4. The van der Waals surface area contributed by atoms with E-state index in [9.17, 15) is 0 Å². The van der Waals surface area contributed by atoms with Gasteiger partial charge in [0, 0.05) is 44.5 Å². The van der Waals surface area contributed by atoms with E-state index in [-0.39, 0.29) is 0 Å². The Hall–Kier alpha value is -0.870. The lowest BCUT2D eigenvalue weighted by molar-refractivity contribution is 0.0563. The number of aryl methyl sites for hydroxylation is 1. The Morgan fingerprint density at radius 2 is 2.16 bits per heavy atom. The van der Waals surface area contributed by atoms with E-state index < -0.39 is 0 Å². The van der Waals surface area contributed by atoms with Crippen LogP contribution in [-0.4, -0.2) is 39.4 Å². The van der Waals surface area contributed by atoms with Gasteiger partial charge in [0.1, 0.15) is 0 Å². The van der Waals surface area contributed by atoms with Crippen LogP contribution in [0.5, 0.6) is 0 Å². The maximum Gasteiger partial charge on any atom is 0.0764 e. The van der Waals surface area contributed by atoms with Crippen molar-refractivity contribution in [3.63, 3.8) is 0 Å². The maximum atomic E-state index is 4.53. The van der Waals surface area contributed by atoms with Gasteiger partial charge in [0.05, 0.1) is 5.69 Å². The Morgan fingerprint density at radius 1 is 1.37 bits per heavy atom. The number of aromatic nitrogens is 2. The average molecular weight is 262 g/mol. The minimum Gasteiger partial charge on any atom is -0.308 e. The van der Waals surface area contributed by atoms with Gasteiger partial charge in [-0.05, 0) is 25.8 Å². The second-order valence-electron chi connectivity index (χ2n) is 6.46. The van der Waals surface area contributed by atoms with Crippen LogP contribution in [0.1, 0.15) is 44.7 Å². The molecule has 1 saturated heterocycles. The highest BCUT2D eigenvalue weighted by molar-refractivity contribution is 5.03. The van der Waals surface area contributed by atoms with Crippen LogP contribution in [0.3, 0.4) is 0 Å². The highest BCUT2D eigenvalue weighted by Crippen LogP contribution is 2.32. The molecule has 2 heterocycles. The molecule has 4 heteroatoms. The molecule has 19 heavy (non-hydrogen) atoms. The first-order chi connectivity index (χ1) is 9.17. The van der Waals surface area contributed by atoms with Gasteiger partial charge in [-0.25, -0.2) is 0 Å². The summed E-state index contributed by atoms with van der Waals surface area (Å²) in [5.74, 6) is 0. The second-order valence-corrected chi connectivity index (χ2v) is 6.46. The van der Waals surface area contributed by atoms with Crippen molar-refractivity contribution >= 4 is 0 Å². The van der Waals surface area contributed by atoms with E-state index in [1.807, 2.05) is 17.9 Å². The van der Waals surface area contributed by atoms with Crippen LogP contribution in [0.4, 0.5) is 0 Å². The maximum absolute atomic E-state index is 4.53. The Balaban J connectivity index is 1.68. The van der Waals surface area contributed by atoms with Gasteiger partial charge in [-0.1, -0.05) is 19.3 Å². The molecule has 1 spiro atoms. The second kappa shape index (κ2) is 5.25. The van der Waals surface area contributed by atoms with E-state index in [4.69, 9.17) is 0 Å².